The number of methoxy groups -OCH3 is 1. The molecule has 1 saturated heterocycles. The Hall–Kier alpha value is -3.87. The number of nitrogens with zero attached hydrogens (tertiary/aromatic N) is 2. The summed E-state index contributed by atoms with van der Waals surface area (Å²) < 4.78 is 21.3. The Morgan fingerprint density at radius 2 is 2.04 bits per heavy atom. The smallest absolute Gasteiger partial charge is 0.338 e. The molecule has 4 rings (SSSR count). The van der Waals surface area contributed by atoms with Crippen molar-refractivity contribution in [3.8, 4) is 0 Å². The number of fused-ring (bicyclic) bond motifs is 2. The second-order valence-corrected chi connectivity index (χ2v) is 11.9. The topological polar surface area (TPSA) is 134 Å². The van der Waals surface area contributed by atoms with Gasteiger partial charge in [0.1, 0.15) is 11.4 Å². The molecule has 0 aliphatic carbocycles. The van der Waals surface area contributed by atoms with E-state index in [9.17, 15) is 24.8 Å². The average molecular weight is 660 g/mol. The maximum atomic E-state index is 16.7. The molecule has 2 aromatic carbocycles. The van der Waals surface area contributed by atoms with Gasteiger partial charge in [-0.25, -0.2) is 9.18 Å². The van der Waals surface area contributed by atoms with Crippen molar-refractivity contribution in [3.05, 3.63) is 116 Å². The van der Waals surface area contributed by atoms with Crippen molar-refractivity contribution < 1.29 is 28.7 Å². The number of hydrogen-bond acceptors (Lipinski definition) is 8. The third-order valence-corrected chi connectivity index (χ3v) is 8.37. The van der Waals surface area contributed by atoms with E-state index in [2.05, 4.69) is 17.2 Å². The Bertz CT molecular complexity index is 1620. The molecule has 0 unspecified atom stereocenters. The zero-order chi connectivity index (χ0) is 33.1. The predicted octanol–water partition coefficient (Wildman–Crippen LogP) is 5.76. The maximum Gasteiger partial charge on any atom is 0.338 e. The minimum absolute atomic E-state index is 0.00804. The molecular weight excluding hydrogens is 626 g/mol. The zero-order valence-electron chi connectivity index (χ0n) is 24.9. The fourth-order valence-corrected chi connectivity index (χ4v) is 6.35. The van der Waals surface area contributed by atoms with Gasteiger partial charge in [-0.15, -0.1) is 0 Å². The van der Waals surface area contributed by atoms with Gasteiger partial charge in [0.2, 0.25) is 5.91 Å². The van der Waals surface area contributed by atoms with Crippen LogP contribution in [-0.4, -0.2) is 59.2 Å². The third kappa shape index (κ3) is 6.58. The van der Waals surface area contributed by atoms with E-state index in [1.807, 2.05) is 19.9 Å². The Kier molecular flexibility index (Phi) is 10.6. The number of nitro benzene ring substituents is 1. The van der Waals surface area contributed by atoms with Crippen molar-refractivity contribution in [2.45, 2.75) is 38.0 Å². The number of halogens is 3. The number of allylic oxidation sites excluding steroid dienone is 5. The number of nitro groups is 1. The summed E-state index contributed by atoms with van der Waals surface area (Å²) >= 11 is 12.1. The van der Waals surface area contributed by atoms with Crippen LogP contribution in [0.3, 0.4) is 0 Å². The minimum Gasteiger partial charge on any atom is -0.465 e. The highest BCUT2D eigenvalue weighted by molar-refractivity contribution is 6.31. The first-order chi connectivity index (χ1) is 21.4. The highest BCUT2D eigenvalue weighted by Crippen LogP contribution is 2.55. The van der Waals surface area contributed by atoms with Crippen molar-refractivity contribution in [1.82, 2.24) is 10.2 Å². The van der Waals surface area contributed by atoms with Gasteiger partial charge < -0.3 is 20.5 Å². The number of carbonyl (C=O) groups excluding carboxylic acids is 2. The number of anilines is 1. The van der Waals surface area contributed by atoms with E-state index in [0.29, 0.717) is 16.3 Å². The Labute approximate surface area is 270 Å². The van der Waals surface area contributed by atoms with E-state index in [0.717, 1.165) is 11.6 Å². The highest BCUT2D eigenvalue weighted by Gasteiger charge is 2.67. The summed E-state index contributed by atoms with van der Waals surface area (Å²) in [5.74, 6) is -3.19. The number of ether oxygens (including phenoxy) is 1. The summed E-state index contributed by atoms with van der Waals surface area (Å²) in [6, 6.07) is 6.98. The summed E-state index contributed by atoms with van der Waals surface area (Å²) in [6.07, 6.45) is 5.82. The molecule has 0 bridgehead atoms. The molecule has 13 heteroatoms. The molecule has 4 atom stereocenters. The number of carbonyl (C=O) groups is 2. The first-order valence-electron chi connectivity index (χ1n) is 14.0. The van der Waals surface area contributed by atoms with Gasteiger partial charge in [0.15, 0.2) is 0 Å². The van der Waals surface area contributed by atoms with Crippen LogP contribution < -0.4 is 10.6 Å². The van der Waals surface area contributed by atoms with Gasteiger partial charge in [-0.3, -0.25) is 19.8 Å². The van der Waals surface area contributed by atoms with E-state index in [1.54, 1.807) is 23.1 Å². The molecule has 2 aliphatic rings. The normalized spacial score (nSPS) is 22.9. The quantitative estimate of drug-likeness (QED) is 0.0912. The van der Waals surface area contributed by atoms with Gasteiger partial charge in [-0.1, -0.05) is 59.6 Å². The van der Waals surface area contributed by atoms with Crippen LogP contribution in [0.1, 0.15) is 35.3 Å². The number of likely N-dealkylation sites (tertiary alicyclic amines) is 1. The minimum atomic E-state index is -1.65. The number of rotatable bonds is 11. The lowest BCUT2D eigenvalue weighted by molar-refractivity contribution is -0.385. The van der Waals surface area contributed by atoms with Gasteiger partial charge in [0, 0.05) is 52.1 Å². The van der Waals surface area contributed by atoms with Crippen molar-refractivity contribution in [2.75, 3.05) is 25.6 Å². The average Bonchev–Trinajstić information content (AvgIpc) is 3.43. The molecule has 0 aromatic heterocycles. The fourth-order valence-electron chi connectivity index (χ4n) is 6.10. The lowest BCUT2D eigenvalue weighted by Gasteiger charge is -2.38. The van der Waals surface area contributed by atoms with Crippen LogP contribution in [-0.2, 0) is 21.6 Å². The lowest BCUT2D eigenvalue weighted by atomic mass is 9.76. The standard InChI is InChI=1S/C32H33Cl2FN4O6/c1-18(2)12-13-38-27(17-40)29(36-16-21-9-8-20(30(41)45-4)14-26(21)39(43)44)28(24(35)7-5-6-19(3)33)32(38)23-11-10-22(34)15-25(23)37-31(32)42/h5-12,14-15,27-29,36,40H,3,13,16-17H2,1-2,4H3,(H,37,42)/b6-5-,24-7-/t27-,28-,29+,32+/m0/s1. The Morgan fingerprint density at radius 3 is 2.67 bits per heavy atom. The largest absolute Gasteiger partial charge is 0.465 e. The fraction of sp³-hybridized carbons (Fsp3) is 0.312. The van der Waals surface area contributed by atoms with Crippen LogP contribution in [0.15, 0.2) is 83.7 Å². The van der Waals surface area contributed by atoms with Gasteiger partial charge in [0.05, 0.1) is 36.2 Å². The number of aliphatic hydroxyl groups excluding tert-OH is 1. The second kappa shape index (κ2) is 14.1. The van der Waals surface area contributed by atoms with Crippen molar-refractivity contribution in [2.24, 2.45) is 5.92 Å². The predicted molar refractivity (Wildman–Crippen MR) is 171 cm³/mol. The third-order valence-electron chi connectivity index (χ3n) is 8.01. The maximum absolute atomic E-state index is 16.7. The van der Waals surface area contributed by atoms with Gasteiger partial charge in [-0.2, -0.15) is 0 Å². The first-order valence-corrected chi connectivity index (χ1v) is 14.7. The van der Waals surface area contributed by atoms with Crippen molar-refractivity contribution in [1.29, 1.82) is 0 Å². The SMILES string of the molecule is C=C(Cl)/C=C\C=C(/F)[C@H]1[C@H](NCc2ccc(C(=O)OC)cc2[N+](=O)[O-])[C@H](CO)N(CC=C(C)C)[C@@]12C(=O)Nc1cc(Cl)ccc12. The Balaban J connectivity index is 1.91. The number of nitrogens with one attached hydrogen (secondary N) is 2. The molecular formula is C32H33Cl2FN4O6. The molecule has 0 radical (unpaired) electrons. The van der Waals surface area contributed by atoms with Crippen LogP contribution in [0.2, 0.25) is 5.02 Å². The zero-order valence-corrected chi connectivity index (χ0v) is 26.4. The van der Waals surface area contributed by atoms with Crippen LogP contribution in [0, 0.1) is 16.0 Å². The van der Waals surface area contributed by atoms with Gasteiger partial charge in [-0.05, 0) is 44.2 Å². The van der Waals surface area contributed by atoms with E-state index in [1.165, 1.54) is 37.5 Å². The van der Waals surface area contributed by atoms with Crippen molar-refractivity contribution in [3.63, 3.8) is 0 Å². The molecule has 238 valence electrons. The molecule has 2 aromatic rings. The molecule has 1 spiro atoms. The van der Waals surface area contributed by atoms with Crippen LogP contribution >= 0.6 is 23.2 Å². The van der Waals surface area contributed by atoms with Gasteiger partial charge >= 0.3 is 5.97 Å². The lowest BCUT2D eigenvalue weighted by Crippen LogP contribution is -2.53. The molecule has 10 nitrogen and oxygen atoms in total. The number of hydrogen-bond donors (Lipinski definition) is 3. The highest BCUT2D eigenvalue weighted by atomic mass is 35.5. The molecule has 1 amide bonds. The van der Waals surface area contributed by atoms with E-state index < -0.39 is 52.8 Å². The van der Waals surface area contributed by atoms with E-state index in [-0.39, 0.29) is 34.9 Å². The summed E-state index contributed by atoms with van der Waals surface area (Å²) in [4.78, 5) is 39.3. The Morgan fingerprint density at radius 1 is 1.31 bits per heavy atom. The molecule has 3 N–H and O–H groups in total. The summed E-state index contributed by atoms with van der Waals surface area (Å²) in [5, 5.41) is 29.4. The summed E-state index contributed by atoms with van der Waals surface area (Å²) in [7, 11) is 1.17. The second-order valence-electron chi connectivity index (χ2n) is 10.9. The molecule has 2 heterocycles. The van der Waals surface area contributed by atoms with E-state index >= 15 is 4.39 Å². The van der Waals surface area contributed by atoms with Crippen molar-refractivity contribution >= 4 is 46.5 Å². The first kappa shape index (κ1) is 34.0. The molecule has 1 fully saturated rings. The number of esters is 1. The summed E-state index contributed by atoms with van der Waals surface area (Å²) in [5.41, 5.74) is -0.000429. The molecule has 45 heavy (non-hydrogen) atoms. The summed E-state index contributed by atoms with van der Waals surface area (Å²) in [6.45, 7) is 6.88. The number of amides is 1. The van der Waals surface area contributed by atoms with Crippen LogP contribution in [0.4, 0.5) is 15.8 Å². The monoisotopic (exact) mass is 658 g/mol. The van der Waals surface area contributed by atoms with Crippen LogP contribution in [0.25, 0.3) is 0 Å². The number of benzene rings is 2. The molecule has 2 aliphatic heterocycles. The van der Waals surface area contributed by atoms with Gasteiger partial charge in [0.25, 0.3) is 5.69 Å². The number of aliphatic hydroxyl groups is 1. The molecule has 0 saturated carbocycles. The van der Waals surface area contributed by atoms with Crippen LogP contribution in [0.5, 0.6) is 0 Å². The van der Waals surface area contributed by atoms with E-state index in [4.69, 9.17) is 27.9 Å².